The van der Waals surface area contributed by atoms with E-state index >= 15 is 0 Å². The summed E-state index contributed by atoms with van der Waals surface area (Å²) < 4.78 is 0. The van der Waals surface area contributed by atoms with Crippen molar-refractivity contribution in [2.24, 2.45) is 11.7 Å². The molecular formula is C11H24N2O. The number of aliphatic hydroxyl groups is 1. The first-order valence-corrected chi connectivity index (χ1v) is 5.59. The molecule has 1 aliphatic rings. The molecule has 1 saturated heterocycles. The molecule has 0 saturated carbocycles. The molecule has 2 atom stereocenters. The smallest absolute Gasteiger partial charge is 0.0718 e. The van der Waals surface area contributed by atoms with Gasteiger partial charge in [-0.15, -0.1) is 0 Å². The standard InChI is InChI=1S/C11H24N2O/c1-9-4-5-10(6-12)7-13(9)8-11(2,3)14/h9-10,14H,4-8,12H2,1-3H3. The summed E-state index contributed by atoms with van der Waals surface area (Å²) in [4.78, 5) is 2.36. The average molecular weight is 200 g/mol. The second-order valence-electron chi connectivity index (χ2n) is 5.27. The monoisotopic (exact) mass is 200 g/mol. The Labute approximate surface area is 87.3 Å². The van der Waals surface area contributed by atoms with E-state index in [1.54, 1.807) is 0 Å². The van der Waals surface area contributed by atoms with Crippen molar-refractivity contribution in [2.75, 3.05) is 19.6 Å². The van der Waals surface area contributed by atoms with E-state index in [0.29, 0.717) is 12.0 Å². The van der Waals surface area contributed by atoms with Crippen LogP contribution >= 0.6 is 0 Å². The fourth-order valence-corrected chi connectivity index (χ4v) is 2.17. The Morgan fingerprint density at radius 1 is 1.43 bits per heavy atom. The number of likely N-dealkylation sites (tertiary alicyclic amines) is 1. The van der Waals surface area contributed by atoms with Crippen LogP contribution in [-0.2, 0) is 0 Å². The molecule has 0 aromatic carbocycles. The van der Waals surface area contributed by atoms with Gasteiger partial charge < -0.3 is 10.8 Å². The molecule has 2 unspecified atom stereocenters. The van der Waals surface area contributed by atoms with Crippen LogP contribution in [0, 0.1) is 5.92 Å². The molecule has 0 aromatic rings. The zero-order valence-corrected chi connectivity index (χ0v) is 9.66. The molecule has 1 rings (SSSR count). The Hall–Kier alpha value is -0.120. The molecule has 84 valence electrons. The van der Waals surface area contributed by atoms with E-state index in [9.17, 15) is 5.11 Å². The van der Waals surface area contributed by atoms with Crippen LogP contribution in [0.2, 0.25) is 0 Å². The van der Waals surface area contributed by atoms with Crippen molar-refractivity contribution in [3.8, 4) is 0 Å². The number of hydrogen-bond acceptors (Lipinski definition) is 3. The molecule has 0 aromatic heterocycles. The van der Waals surface area contributed by atoms with Crippen molar-refractivity contribution >= 4 is 0 Å². The highest BCUT2D eigenvalue weighted by molar-refractivity contribution is 4.83. The maximum absolute atomic E-state index is 9.77. The van der Waals surface area contributed by atoms with Crippen LogP contribution in [0.25, 0.3) is 0 Å². The third-order valence-electron chi connectivity index (χ3n) is 3.03. The highest BCUT2D eigenvalue weighted by atomic mass is 16.3. The van der Waals surface area contributed by atoms with Gasteiger partial charge in [0.15, 0.2) is 0 Å². The van der Waals surface area contributed by atoms with Crippen molar-refractivity contribution < 1.29 is 5.11 Å². The van der Waals surface area contributed by atoms with E-state index in [0.717, 1.165) is 19.6 Å². The Morgan fingerprint density at radius 2 is 2.07 bits per heavy atom. The van der Waals surface area contributed by atoms with Crippen molar-refractivity contribution in [2.45, 2.75) is 45.3 Å². The summed E-state index contributed by atoms with van der Waals surface area (Å²) in [6.45, 7) is 8.54. The number of nitrogens with two attached hydrogens (primary N) is 1. The first-order chi connectivity index (χ1) is 6.42. The second kappa shape index (κ2) is 4.60. The SMILES string of the molecule is CC1CCC(CN)CN1CC(C)(C)O. The van der Waals surface area contributed by atoms with Gasteiger partial charge in [0, 0.05) is 19.1 Å². The van der Waals surface area contributed by atoms with E-state index < -0.39 is 5.60 Å². The quantitative estimate of drug-likeness (QED) is 0.709. The normalized spacial score (nSPS) is 30.6. The van der Waals surface area contributed by atoms with Crippen LogP contribution in [0.4, 0.5) is 0 Å². The van der Waals surface area contributed by atoms with Gasteiger partial charge in [0.25, 0.3) is 0 Å². The molecule has 3 heteroatoms. The summed E-state index contributed by atoms with van der Waals surface area (Å²) in [5.74, 6) is 0.619. The minimum Gasteiger partial charge on any atom is -0.389 e. The number of nitrogens with zero attached hydrogens (tertiary/aromatic N) is 1. The van der Waals surface area contributed by atoms with Crippen molar-refractivity contribution in [1.82, 2.24) is 4.90 Å². The van der Waals surface area contributed by atoms with Crippen LogP contribution in [0.1, 0.15) is 33.6 Å². The number of β-amino-alcohol motifs (C(OH)–C–C–N with tert-alkyl or cyclic N) is 1. The molecule has 0 spiro atoms. The van der Waals surface area contributed by atoms with E-state index in [1.165, 1.54) is 12.8 Å². The van der Waals surface area contributed by atoms with Gasteiger partial charge in [-0.3, -0.25) is 4.90 Å². The van der Waals surface area contributed by atoms with Gasteiger partial charge >= 0.3 is 0 Å². The van der Waals surface area contributed by atoms with Crippen LogP contribution in [0.5, 0.6) is 0 Å². The Balaban J connectivity index is 2.48. The van der Waals surface area contributed by atoms with Crippen molar-refractivity contribution in [1.29, 1.82) is 0 Å². The third-order valence-corrected chi connectivity index (χ3v) is 3.03. The molecule has 3 nitrogen and oxygen atoms in total. The Kier molecular flexibility index (Phi) is 3.93. The highest BCUT2D eigenvalue weighted by Crippen LogP contribution is 2.22. The summed E-state index contributed by atoms with van der Waals surface area (Å²) in [5, 5.41) is 9.77. The second-order valence-corrected chi connectivity index (χ2v) is 5.27. The van der Waals surface area contributed by atoms with E-state index in [-0.39, 0.29) is 0 Å². The summed E-state index contributed by atoms with van der Waals surface area (Å²) in [7, 11) is 0. The van der Waals surface area contributed by atoms with E-state index in [1.807, 2.05) is 13.8 Å². The van der Waals surface area contributed by atoms with Gasteiger partial charge in [-0.05, 0) is 46.1 Å². The van der Waals surface area contributed by atoms with Gasteiger partial charge in [-0.1, -0.05) is 0 Å². The Morgan fingerprint density at radius 3 is 2.57 bits per heavy atom. The van der Waals surface area contributed by atoms with Gasteiger partial charge in [0.1, 0.15) is 0 Å². The molecule has 1 aliphatic heterocycles. The maximum Gasteiger partial charge on any atom is 0.0718 e. The van der Waals surface area contributed by atoms with Crippen LogP contribution < -0.4 is 5.73 Å². The largest absolute Gasteiger partial charge is 0.389 e. The minimum atomic E-state index is -0.593. The summed E-state index contributed by atoms with van der Waals surface area (Å²) in [6.07, 6.45) is 2.44. The first kappa shape index (κ1) is 12.0. The lowest BCUT2D eigenvalue weighted by molar-refractivity contribution is 0.00346. The van der Waals surface area contributed by atoms with Gasteiger partial charge in [-0.25, -0.2) is 0 Å². The lowest BCUT2D eigenvalue weighted by atomic mass is 9.92. The molecule has 0 amide bonds. The van der Waals surface area contributed by atoms with E-state index in [4.69, 9.17) is 5.73 Å². The predicted octanol–water partition coefficient (Wildman–Crippen LogP) is 0.817. The highest BCUT2D eigenvalue weighted by Gasteiger charge is 2.28. The molecule has 0 aliphatic carbocycles. The van der Waals surface area contributed by atoms with Crippen LogP contribution in [0.3, 0.4) is 0 Å². The van der Waals surface area contributed by atoms with Gasteiger partial charge in [-0.2, -0.15) is 0 Å². The maximum atomic E-state index is 9.77. The molecule has 3 N–H and O–H groups in total. The Bertz CT molecular complexity index is 177. The first-order valence-electron chi connectivity index (χ1n) is 5.59. The molecule has 0 bridgehead atoms. The molecular weight excluding hydrogens is 176 g/mol. The van der Waals surface area contributed by atoms with Gasteiger partial charge in [0.05, 0.1) is 5.60 Å². The number of hydrogen-bond donors (Lipinski definition) is 2. The number of piperidine rings is 1. The lowest BCUT2D eigenvalue weighted by Crippen LogP contribution is -2.49. The summed E-state index contributed by atoms with van der Waals surface area (Å²) >= 11 is 0. The van der Waals surface area contributed by atoms with Crippen molar-refractivity contribution in [3.63, 3.8) is 0 Å². The summed E-state index contributed by atoms with van der Waals surface area (Å²) in [6, 6.07) is 0.587. The predicted molar refractivity (Wildman–Crippen MR) is 59.1 cm³/mol. The molecule has 14 heavy (non-hydrogen) atoms. The fraction of sp³-hybridized carbons (Fsp3) is 1.00. The molecule has 0 radical (unpaired) electrons. The number of rotatable bonds is 3. The topological polar surface area (TPSA) is 49.5 Å². The average Bonchev–Trinajstić information content (AvgIpc) is 2.06. The van der Waals surface area contributed by atoms with Crippen molar-refractivity contribution in [3.05, 3.63) is 0 Å². The zero-order chi connectivity index (χ0) is 10.8. The van der Waals surface area contributed by atoms with E-state index in [2.05, 4.69) is 11.8 Å². The van der Waals surface area contributed by atoms with Crippen LogP contribution in [-0.4, -0.2) is 41.3 Å². The zero-order valence-electron chi connectivity index (χ0n) is 9.66. The van der Waals surface area contributed by atoms with Crippen LogP contribution in [0.15, 0.2) is 0 Å². The molecule has 1 fully saturated rings. The molecule has 1 heterocycles. The fourth-order valence-electron chi connectivity index (χ4n) is 2.17. The summed E-state index contributed by atoms with van der Waals surface area (Å²) in [5.41, 5.74) is 5.09. The third kappa shape index (κ3) is 3.56. The van der Waals surface area contributed by atoms with Gasteiger partial charge in [0.2, 0.25) is 0 Å². The lowest BCUT2D eigenvalue weighted by Gasteiger charge is -2.40. The minimum absolute atomic E-state index is 0.587.